The van der Waals surface area contributed by atoms with Crippen molar-refractivity contribution in [3.8, 4) is 0 Å². The van der Waals surface area contributed by atoms with Gasteiger partial charge in [0.05, 0.1) is 19.8 Å². The van der Waals surface area contributed by atoms with Gasteiger partial charge in [-0.2, -0.15) is 15.0 Å². The summed E-state index contributed by atoms with van der Waals surface area (Å²) < 4.78 is 10.2. The molecule has 3 rings (SSSR count). The van der Waals surface area contributed by atoms with E-state index < -0.39 is 0 Å². The van der Waals surface area contributed by atoms with Gasteiger partial charge in [0.25, 0.3) is 0 Å². The van der Waals surface area contributed by atoms with Crippen LogP contribution in [-0.2, 0) is 20.8 Å². The molecule has 3 heterocycles. The number of amides is 1. The first-order valence-electron chi connectivity index (χ1n) is 8.34. The van der Waals surface area contributed by atoms with E-state index in [4.69, 9.17) is 9.47 Å². The molecule has 1 N–H and O–H groups in total. The molecule has 1 aromatic rings. The van der Waals surface area contributed by atoms with Crippen molar-refractivity contribution in [2.45, 2.75) is 19.4 Å². The second-order valence-corrected chi connectivity index (χ2v) is 5.85. The van der Waals surface area contributed by atoms with E-state index in [2.05, 4.69) is 30.1 Å². The maximum absolute atomic E-state index is 11.6. The fourth-order valence-corrected chi connectivity index (χ4v) is 2.80. The number of hydrogen-bond acceptors (Lipinski definition) is 8. The van der Waals surface area contributed by atoms with Crippen molar-refractivity contribution in [2.75, 3.05) is 62.9 Å². The summed E-state index contributed by atoms with van der Waals surface area (Å²) in [7, 11) is 1.49. The minimum Gasteiger partial charge on any atom is -0.378 e. The lowest BCUT2D eigenvalue weighted by atomic mass is 10.4. The van der Waals surface area contributed by atoms with Crippen LogP contribution in [0.1, 0.15) is 18.7 Å². The van der Waals surface area contributed by atoms with Gasteiger partial charge in [-0.05, 0) is 12.8 Å². The van der Waals surface area contributed by atoms with Gasteiger partial charge in [0.15, 0.2) is 5.82 Å². The first-order chi connectivity index (χ1) is 11.8. The van der Waals surface area contributed by atoms with Crippen LogP contribution in [0.4, 0.5) is 11.9 Å². The Bertz CT molecular complexity index is 558. The van der Waals surface area contributed by atoms with Gasteiger partial charge >= 0.3 is 0 Å². The predicted octanol–water partition coefficient (Wildman–Crippen LogP) is -0.429. The van der Waals surface area contributed by atoms with Crippen LogP contribution >= 0.6 is 0 Å². The average Bonchev–Trinajstić information content (AvgIpc) is 3.15. The van der Waals surface area contributed by atoms with Gasteiger partial charge < -0.3 is 24.6 Å². The molecule has 24 heavy (non-hydrogen) atoms. The van der Waals surface area contributed by atoms with Crippen molar-refractivity contribution in [2.24, 2.45) is 0 Å². The molecule has 0 unspecified atom stereocenters. The average molecular weight is 336 g/mol. The van der Waals surface area contributed by atoms with Gasteiger partial charge in [0.2, 0.25) is 17.8 Å². The van der Waals surface area contributed by atoms with E-state index >= 15 is 0 Å². The maximum atomic E-state index is 11.6. The lowest BCUT2D eigenvalue weighted by Gasteiger charge is -2.28. The summed E-state index contributed by atoms with van der Waals surface area (Å²) in [6.45, 7) is 5.08. The lowest BCUT2D eigenvalue weighted by molar-refractivity contribution is -0.124. The summed E-state index contributed by atoms with van der Waals surface area (Å²) in [6, 6.07) is 0. The smallest absolute Gasteiger partial charge is 0.246 e. The number of methoxy groups -OCH3 is 1. The first kappa shape index (κ1) is 16.8. The van der Waals surface area contributed by atoms with E-state index in [1.165, 1.54) is 7.11 Å². The molecule has 0 saturated carbocycles. The Balaban J connectivity index is 1.77. The third-order valence-electron chi connectivity index (χ3n) is 4.06. The Kier molecular flexibility index (Phi) is 5.76. The maximum Gasteiger partial charge on any atom is 0.246 e. The topological polar surface area (TPSA) is 92.7 Å². The van der Waals surface area contributed by atoms with Gasteiger partial charge in [-0.15, -0.1) is 0 Å². The number of morpholine rings is 1. The minimum absolute atomic E-state index is 0.0282. The fourth-order valence-electron chi connectivity index (χ4n) is 2.80. The van der Waals surface area contributed by atoms with Crippen LogP contribution in [0, 0.1) is 0 Å². The number of nitrogens with one attached hydrogen (secondary N) is 1. The Morgan fingerprint density at radius 2 is 1.71 bits per heavy atom. The molecule has 2 saturated heterocycles. The van der Waals surface area contributed by atoms with E-state index in [-0.39, 0.29) is 19.1 Å². The van der Waals surface area contributed by atoms with Crippen LogP contribution in [0.15, 0.2) is 0 Å². The Morgan fingerprint density at radius 3 is 2.33 bits per heavy atom. The Labute approximate surface area is 141 Å². The van der Waals surface area contributed by atoms with Crippen molar-refractivity contribution in [1.82, 2.24) is 20.3 Å². The summed E-state index contributed by atoms with van der Waals surface area (Å²) >= 11 is 0. The molecule has 0 radical (unpaired) electrons. The number of aromatic nitrogens is 3. The van der Waals surface area contributed by atoms with Crippen LogP contribution in [0.5, 0.6) is 0 Å². The number of anilines is 2. The zero-order valence-electron chi connectivity index (χ0n) is 14.0. The molecular formula is C15H24N6O3. The molecule has 9 nitrogen and oxygen atoms in total. The zero-order chi connectivity index (χ0) is 16.8. The third kappa shape index (κ3) is 4.30. The zero-order valence-corrected chi connectivity index (χ0v) is 14.0. The Morgan fingerprint density at radius 1 is 1.08 bits per heavy atom. The normalized spacial score (nSPS) is 18.0. The van der Waals surface area contributed by atoms with E-state index in [0.29, 0.717) is 30.9 Å². The molecule has 1 amide bonds. The summed E-state index contributed by atoms with van der Waals surface area (Å²) in [5.74, 6) is 1.73. The van der Waals surface area contributed by atoms with Gasteiger partial charge in [-0.25, -0.2) is 0 Å². The van der Waals surface area contributed by atoms with E-state index in [9.17, 15) is 4.79 Å². The minimum atomic E-state index is -0.187. The van der Waals surface area contributed by atoms with Gasteiger partial charge in [-0.1, -0.05) is 0 Å². The summed E-state index contributed by atoms with van der Waals surface area (Å²) in [4.78, 5) is 29.6. The molecule has 2 aliphatic rings. The summed E-state index contributed by atoms with van der Waals surface area (Å²) in [5.41, 5.74) is 0. The monoisotopic (exact) mass is 336 g/mol. The second kappa shape index (κ2) is 8.20. The number of rotatable bonds is 6. The predicted molar refractivity (Wildman–Crippen MR) is 88.0 cm³/mol. The molecule has 0 bridgehead atoms. The molecule has 2 aliphatic heterocycles. The van der Waals surface area contributed by atoms with Crippen molar-refractivity contribution in [3.63, 3.8) is 0 Å². The lowest BCUT2D eigenvalue weighted by Crippen LogP contribution is -2.38. The molecule has 0 atom stereocenters. The van der Waals surface area contributed by atoms with Crippen molar-refractivity contribution >= 4 is 17.8 Å². The highest BCUT2D eigenvalue weighted by Crippen LogP contribution is 2.19. The van der Waals surface area contributed by atoms with Gasteiger partial charge in [0, 0.05) is 33.3 Å². The van der Waals surface area contributed by atoms with Crippen molar-refractivity contribution in [1.29, 1.82) is 0 Å². The summed E-state index contributed by atoms with van der Waals surface area (Å²) in [6.07, 6.45) is 2.30. The molecule has 0 aliphatic carbocycles. The number of carbonyl (C=O) groups excluding carboxylic acids is 1. The van der Waals surface area contributed by atoms with E-state index in [0.717, 1.165) is 39.0 Å². The van der Waals surface area contributed by atoms with Crippen LogP contribution in [0.2, 0.25) is 0 Å². The molecular weight excluding hydrogens is 312 g/mol. The second-order valence-electron chi connectivity index (χ2n) is 5.85. The van der Waals surface area contributed by atoms with Crippen LogP contribution < -0.4 is 15.1 Å². The first-order valence-corrected chi connectivity index (χ1v) is 8.34. The standard InChI is InChI=1S/C15H24N6O3/c1-23-11-13(22)16-10-12-17-14(20-4-2-3-5-20)19-15(18-12)21-6-8-24-9-7-21/h2-11H2,1H3,(H,16,22). The molecule has 0 spiro atoms. The van der Waals surface area contributed by atoms with Crippen molar-refractivity contribution < 1.29 is 14.3 Å². The van der Waals surface area contributed by atoms with E-state index in [1.54, 1.807) is 0 Å². The molecule has 9 heteroatoms. The van der Waals surface area contributed by atoms with E-state index in [1.807, 2.05) is 0 Å². The molecule has 132 valence electrons. The highest BCUT2D eigenvalue weighted by Gasteiger charge is 2.21. The third-order valence-corrected chi connectivity index (χ3v) is 4.06. The van der Waals surface area contributed by atoms with Gasteiger partial charge in [0.1, 0.15) is 6.61 Å². The van der Waals surface area contributed by atoms with Gasteiger partial charge in [-0.3, -0.25) is 4.79 Å². The SMILES string of the molecule is COCC(=O)NCc1nc(N2CCCC2)nc(N2CCOCC2)n1. The molecule has 2 fully saturated rings. The number of carbonyl (C=O) groups is 1. The van der Waals surface area contributed by atoms with Crippen LogP contribution in [-0.4, -0.2) is 74.0 Å². The summed E-state index contributed by atoms with van der Waals surface area (Å²) in [5, 5.41) is 2.77. The quantitative estimate of drug-likeness (QED) is 0.748. The highest BCUT2D eigenvalue weighted by atomic mass is 16.5. The van der Waals surface area contributed by atoms with Crippen LogP contribution in [0.3, 0.4) is 0 Å². The fraction of sp³-hybridized carbons (Fsp3) is 0.733. The number of ether oxygens (including phenoxy) is 2. The molecule has 0 aromatic carbocycles. The van der Waals surface area contributed by atoms with Crippen LogP contribution in [0.25, 0.3) is 0 Å². The largest absolute Gasteiger partial charge is 0.378 e. The molecule has 1 aromatic heterocycles. The number of nitrogens with zero attached hydrogens (tertiary/aromatic N) is 5. The Hall–Kier alpha value is -2.00. The highest BCUT2D eigenvalue weighted by molar-refractivity contribution is 5.77. The van der Waals surface area contributed by atoms with Crippen molar-refractivity contribution in [3.05, 3.63) is 5.82 Å². The number of hydrogen-bond donors (Lipinski definition) is 1.